The Morgan fingerprint density at radius 3 is 3.08 bits per heavy atom. The third-order valence-corrected chi connectivity index (χ3v) is 1.35. The maximum Gasteiger partial charge on any atom is 0.316 e. The zero-order valence-electron chi connectivity index (χ0n) is 7.16. The highest BCUT2D eigenvalue weighted by atomic mass is 16.5. The van der Waals surface area contributed by atoms with E-state index in [0.29, 0.717) is 19.2 Å². The summed E-state index contributed by atoms with van der Waals surface area (Å²) in [5.74, 6) is 0. The number of nitrogens with two attached hydrogens (primary N) is 1. The third-order valence-electron chi connectivity index (χ3n) is 1.35. The van der Waals surface area contributed by atoms with Crippen LogP contribution in [0, 0.1) is 6.92 Å². The molecule has 0 spiro atoms. The van der Waals surface area contributed by atoms with Gasteiger partial charge in [0.25, 0.3) is 0 Å². The minimum absolute atomic E-state index is 0.434. The summed E-state index contributed by atoms with van der Waals surface area (Å²) in [4.78, 5) is 8.01. The maximum atomic E-state index is 5.30. The predicted molar refractivity (Wildman–Crippen MR) is 45.9 cm³/mol. The van der Waals surface area contributed by atoms with E-state index in [1.165, 1.54) is 0 Å². The van der Waals surface area contributed by atoms with Gasteiger partial charge in [-0.05, 0) is 26.0 Å². The number of aryl methyl sites for hydroxylation is 1. The number of hydrogen-bond donors (Lipinski definition) is 1. The highest BCUT2D eigenvalue weighted by Crippen LogP contribution is 2.01. The highest BCUT2D eigenvalue weighted by molar-refractivity contribution is 5.02. The van der Waals surface area contributed by atoms with Gasteiger partial charge in [-0.15, -0.1) is 0 Å². The van der Waals surface area contributed by atoms with Crippen molar-refractivity contribution in [1.29, 1.82) is 0 Å². The average molecular weight is 167 g/mol. The molecule has 1 heterocycles. The molecule has 0 unspecified atom stereocenters. The predicted octanol–water partition coefficient (Wildman–Crippen LogP) is 0.513. The average Bonchev–Trinajstić information content (AvgIpc) is 2.05. The Bertz CT molecular complexity index is 239. The number of nitrogens with zero attached hydrogens (tertiary/aromatic N) is 2. The highest BCUT2D eigenvalue weighted by Gasteiger charge is 1.95. The van der Waals surface area contributed by atoms with E-state index in [0.717, 1.165) is 12.1 Å². The minimum atomic E-state index is 0.434. The Morgan fingerprint density at radius 2 is 2.42 bits per heavy atom. The molecular formula is C8H13N3O. The molecule has 0 aliphatic rings. The van der Waals surface area contributed by atoms with Crippen LogP contribution in [0.3, 0.4) is 0 Å². The fourth-order valence-corrected chi connectivity index (χ4v) is 0.742. The largest absolute Gasteiger partial charge is 0.463 e. The molecular weight excluding hydrogens is 154 g/mol. The van der Waals surface area contributed by atoms with Gasteiger partial charge in [0.05, 0.1) is 6.61 Å². The lowest BCUT2D eigenvalue weighted by Gasteiger charge is -2.02. The Kier molecular flexibility index (Phi) is 3.47. The molecule has 0 saturated heterocycles. The lowest BCUT2D eigenvalue weighted by Crippen LogP contribution is -2.07. The first-order valence-corrected chi connectivity index (χ1v) is 3.95. The van der Waals surface area contributed by atoms with Crippen LogP contribution in [0.5, 0.6) is 6.01 Å². The van der Waals surface area contributed by atoms with Crippen LogP contribution in [-0.2, 0) is 0 Å². The summed E-state index contributed by atoms with van der Waals surface area (Å²) in [6.07, 6.45) is 2.51. The molecule has 0 atom stereocenters. The molecule has 1 aromatic rings. The Hall–Kier alpha value is -1.16. The van der Waals surface area contributed by atoms with Crippen LogP contribution in [-0.4, -0.2) is 23.1 Å². The van der Waals surface area contributed by atoms with Crippen molar-refractivity contribution in [3.63, 3.8) is 0 Å². The quantitative estimate of drug-likeness (QED) is 0.664. The van der Waals surface area contributed by atoms with Gasteiger partial charge < -0.3 is 10.5 Å². The summed E-state index contributed by atoms with van der Waals surface area (Å²) in [5.41, 5.74) is 6.21. The summed E-state index contributed by atoms with van der Waals surface area (Å²) >= 11 is 0. The van der Waals surface area contributed by atoms with Gasteiger partial charge in [-0.1, -0.05) is 0 Å². The number of ether oxygens (including phenoxy) is 1. The summed E-state index contributed by atoms with van der Waals surface area (Å²) in [6, 6.07) is 2.26. The summed E-state index contributed by atoms with van der Waals surface area (Å²) in [5, 5.41) is 0. The molecule has 4 heteroatoms. The van der Waals surface area contributed by atoms with E-state index in [1.807, 2.05) is 13.0 Å². The van der Waals surface area contributed by atoms with E-state index < -0.39 is 0 Å². The Labute approximate surface area is 71.8 Å². The van der Waals surface area contributed by atoms with Gasteiger partial charge in [-0.3, -0.25) is 0 Å². The number of hydrogen-bond acceptors (Lipinski definition) is 4. The molecule has 66 valence electrons. The van der Waals surface area contributed by atoms with E-state index in [4.69, 9.17) is 10.5 Å². The van der Waals surface area contributed by atoms with Gasteiger partial charge in [0.1, 0.15) is 0 Å². The zero-order valence-corrected chi connectivity index (χ0v) is 7.16. The normalized spacial score (nSPS) is 9.83. The van der Waals surface area contributed by atoms with Crippen LogP contribution in [0.4, 0.5) is 0 Å². The van der Waals surface area contributed by atoms with Crippen LogP contribution in [0.15, 0.2) is 12.3 Å². The number of rotatable bonds is 4. The molecule has 12 heavy (non-hydrogen) atoms. The molecule has 2 N–H and O–H groups in total. The Morgan fingerprint density at radius 1 is 1.58 bits per heavy atom. The smallest absolute Gasteiger partial charge is 0.316 e. The van der Waals surface area contributed by atoms with E-state index in [-0.39, 0.29) is 0 Å². The molecule has 0 amide bonds. The van der Waals surface area contributed by atoms with Crippen molar-refractivity contribution < 1.29 is 4.74 Å². The lowest BCUT2D eigenvalue weighted by atomic mass is 10.5. The van der Waals surface area contributed by atoms with E-state index >= 15 is 0 Å². The SMILES string of the molecule is Cc1ccnc(OCCCN)n1. The van der Waals surface area contributed by atoms with Crippen LogP contribution in [0.2, 0.25) is 0 Å². The molecule has 0 saturated carbocycles. The van der Waals surface area contributed by atoms with Crippen molar-refractivity contribution in [3.05, 3.63) is 18.0 Å². The van der Waals surface area contributed by atoms with E-state index in [2.05, 4.69) is 9.97 Å². The first-order valence-electron chi connectivity index (χ1n) is 3.95. The molecule has 0 aliphatic carbocycles. The molecule has 0 aliphatic heterocycles. The van der Waals surface area contributed by atoms with Crippen LogP contribution in [0.25, 0.3) is 0 Å². The molecule has 0 radical (unpaired) electrons. The van der Waals surface area contributed by atoms with Crippen LogP contribution in [0.1, 0.15) is 12.1 Å². The lowest BCUT2D eigenvalue weighted by molar-refractivity contribution is 0.288. The van der Waals surface area contributed by atoms with Gasteiger partial charge in [0.2, 0.25) is 0 Å². The van der Waals surface area contributed by atoms with E-state index in [9.17, 15) is 0 Å². The fourth-order valence-electron chi connectivity index (χ4n) is 0.742. The molecule has 4 nitrogen and oxygen atoms in total. The van der Waals surface area contributed by atoms with E-state index in [1.54, 1.807) is 6.20 Å². The van der Waals surface area contributed by atoms with Gasteiger partial charge in [-0.2, -0.15) is 0 Å². The van der Waals surface area contributed by atoms with Gasteiger partial charge in [-0.25, -0.2) is 9.97 Å². The van der Waals surface area contributed by atoms with Crippen molar-refractivity contribution in [2.75, 3.05) is 13.2 Å². The van der Waals surface area contributed by atoms with Crippen molar-refractivity contribution in [2.45, 2.75) is 13.3 Å². The second kappa shape index (κ2) is 4.66. The summed E-state index contributed by atoms with van der Waals surface area (Å²) in [6.45, 7) is 3.11. The van der Waals surface area contributed by atoms with Crippen molar-refractivity contribution in [2.24, 2.45) is 5.73 Å². The van der Waals surface area contributed by atoms with Gasteiger partial charge >= 0.3 is 6.01 Å². The second-order valence-electron chi connectivity index (χ2n) is 2.47. The first kappa shape index (κ1) is 8.93. The second-order valence-corrected chi connectivity index (χ2v) is 2.47. The molecule has 1 rings (SSSR count). The summed E-state index contributed by atoms with van der Waals surface area (Å²) < 4.78 is 5.22. The molecule has 1 aromatic heterocycles. The minimum Gasteiger partial charge on any atom is -0.463 e. The standard InChI is InChI=1S/C8H13N3O/c1-7-3-5-10-8(11-7)12-6-2-4-9/h3,5H,2,4,6,9H2,1H3. The van der Waals surface area contributed by atoms with Crippen molar-refractivity contribution in [3.8, 4) is 6.01 Å². The third kappa shape index (κ3) is 2.84. The molecule has 0 aromatic carbocycles. The Balaban J connectivity index is 2.41. The molecule has 0 fully saturated rings. The zero-order chi connectivity index (χ0) is 8.81. The first-order chi connectivity index (χ1) is 5.83. The number of aromatic nitrogens is 2. The van der Waals surface area contributed by atoms with Gasteiger partial charge in [0, 0.05) is 11.9 Å². The van der Waals surface area contributed by atoms with Gasteiger partial charge in [0.15, 0.2) is 0 Å². The topological polar surface area (TPSA) is 61.0 Å². The van der Waals surface area contributed by atoms with Crippen molar-refractivity contribution in [1.82, 2.24) is 9.97 Å². The van der Waals surface area contributed by atoms with Crippen molar-refractivity contribution >= 4 is 0 Å². The maximum absolute atomic E-state index is 5.30. The monoisotopic (exact) mass is 167 g/mol. The fraction of sp³-hybridized carbons (Fsp3) is 0.500. The van der Waals surface area contributed by atoms with Crippen LogP contribution < -0.4 is 10.5 Å². The molecule has 0 bridgehead atoms. The van der Waals surface area contributed by atoms with Crippen LogP contribution >= 0.6 is 0 Å². The summed E-state index contributed by atoms with van der Waals surface area (Å²) in [7, 11) is 0.